The molecule has 0 amide bonds. The summed E-state index contributed by atoms with van der Waals surface area (Å²) in [7, 11) is 0. The van der Waals surface area contributed by atoms with E-state index in [1.807, 2.05) is 30.3 Å². The van der Waals surface area contributed by atoms with Gasteiger partial charge in [-0.25, -0.2) is 4.39 Å². The van der Waals surface area contributed by atoms with Crippen LogP contribution in [0.25, 0.3) is 0 Å². The van der Waals surface area contributed by atoms with Gasteiger partial charge in [0, 0.05) is 17.1 Å². The lowest BCUT2D eigenvalue weighted by Gasteiger charge is -2.38. The molecule has 0 heterocycles. The van der Waals surface area contributed by atoms with Crippen LogP contribution in [0.1, 0.15) is 42.9 Å². The minimum atomic E-state index is -0.0798. The maximum atomic E-state index is 13.7. The average molecular weight is 304 g/mol. The van der Waals surface area contributed by atoms with Gasteiger partial charge in [-0.1, -0.05) is 41.9 Å². The average Bonchev–Trinajstić information content (AvgIpc) is 2.43. The summed E-state index contributed by atoms with van der Waals surface area (Å²) in [6, 6.07) is 15.7. The predicted molar refractivity (Wildman–Crippen MR) is 85.2 cm³/mol. The fourth-order valence-electron chi connectivity index (χ4n) is 3.04. The third-order valence-electron chi connectivity index (χ3n) is 4.32. The van der Waals surface area contributed by atoms with E-state index >= 15 is 0 Å². The van der Waals surface area contributed by atoms with Crippen LogP contribution >= 0.6 is 11.6 Å². The standard InChI is InChI=1S/C18H19ClFN/c1-12(13-5-4-6-15(19)9-13)21-16-10-14(11-16)17-7-2-3-8-18(17)20/h2-9,12,14,16,21H,10-11H2,1H3/t12-,14?,16?/m1/s1. The molecular weight excluding hydrogens is 285 g/mol. The molecule has 3 rings (SSSR count). The van der Waals surface area contributed by atoms with E-state index in [0.29, 0.717) is 12.0 Å². The fraction of sp³-hybridized carbons (Fsp3) is 0.333. The second-order valence-corrected chi connectivity index (χ2v) is 6.27. The van der Waals surface area contributed by atoms with Crippen molar-refractivity contribution in [3.63, 3.8) is 0 Å². The van der Waals surface area contributed by atoms with Crippen molar-refractivity contribution in [1.29, 1.82) is 0 Å². The van der Waals surface area contributed by atoms with E-state index < -0.39 is 0 Å². The summed E-state index contributed by atoms with van der Waals surface area (Å²) < 4.78 is 13.7. The molecular formula is C18H19ClFN. The Morgan fingerprint density at radius 1 is 1.14 bits per heavy atom. The topological polar surface area (TPSA) is 12.0 Å². The quantitative estimate of drug-likeness (QED) is 0.831. The highest BCUT2D eigenvalue weighted by Gasteiger charge is 2.32. The van der Waals surface area contributed by atoms with Gasteiger partial charge in [-0.2, -0.15) is 0 Å². The summed E-state index contributed by atoms with van der Waals surface area (Å²) in [5, 5.41) is 4.36. The smallest absolute Gasteiger partial charge is 0.126 e. The molecule has 0 aliphatic heterocycles. The van der Waals surface area contributed by atoms with Gasteiger partial charge in [-0.15, -0.1) is 0 Å². The zero-order valence-corrected chi connectivity index (χ0v) is 12.8. The first-order valence-corrected chi connectivity index (χ1v) is 7.77. The lowest BCUT2D eigenvalue weighted by molar-refractivity contribution is 0.266. The molecule has 1 nitrogen and oxygen atoms in total. The van der Waals surface area contributed by atoms with Crippen molar-refractivity contribution < 1.29 is 4.39 Å². The Balaban J connectivity index is 1.56. The van der Waals surface area contributed by atoms with Gasteiger partial charge in [-0.05, 0) is 55.0 Å². The first-order chi connectivity index (χ1) is 10.1. The third-order valence-corrected chi connectivity index (χ3v) is 4.55. The van der Waals surface area contributed by atoms with Crippen LogP contribution in [-0.2, 0) is 0 Å². The van der Waals surface area contributed by atoms with Crippen LogP contribution in [0.3, 0.4) is 0 Å². The van der Waals surface area contributed by atoms with Crippen LogP contribution in [0.4, 0.5) is 4.39 Å². The van der Waals surface area contributed by atoms with Crippen molar-refractivity contribution in [3.8, 4) is 0 Å². The van der Waals surface area contributed by atoms with Gasteiger partial charge in [0.15, 0.2) is 0 Å². The first-order valence-electron chi connectivity index (χ1n) is 7.39. The van der Waals surface area contributed by atoms with Crippen molar-refractivity contribution in [2.45, 2.75) is 37.8 Å². The van der Waals surface area contributed by atoms with E-state index in [1.54, 1.807) is 12.1 Å². The highest BCUT2D eigenvalue weighted by molar-refractivity contribution is 6.30. The Bertz CT molecular complexity index is 622. The van der Waals surface area contributed by atoms with Gasteiger partial charge in [0.05, 0.1) is 0 Å². The minimum Gasteiger partial charge on any atom is -0.307 e. The third kappa shape index (κ3) is 3.28. The van der Waals surface area contributed by atoms with Gasteiger partial charge < -0.3 is 5.32 Å². The molecule has 1 saturated carbocycles. The number of nitrogens with one attached hydrogen (secondary N) is 1. The number of benzene rings is 2. The van der Waals surface area contributed by atoms with Gasteiger partial charge in [0.1, 0.15) is 5.82 Å². The number of hydrogen-bond donors (Lipinski definition) is 1. The number of halogens is 2. The summed E-state index contributed by atoms with van der Waals surface area (Å²) in [5.41, 5.74) is 2.04. The summed E-state index contributed by atoms with van der Waals surface area (Å²) in [6.45, 7) is 2.14. The van der Waals surface area contributed by atoms with E-state index in [0.717, 1.165) is 23.4 Å². The van der Waals surface area contributed by atoms with Gasteiger partial charge in [0.25, 0.3) is 0 Å². The summed E-state index contributed by atoms with van der Waals surface area (Å²) in [5.74, 6) is 0.263. The molecule has 0 unspecified atom stereocenters. The first kappa shape index (κ1) is 14.6. The molecule has 0 radical (unpaired) electrons. The van der Waals surface area contributed by atoms with Gasteiger partial charge in [0.2, 0.25) is 0 Å². The lowest BCUT2D eigenvalue weighted by Crippen LogP contribution is -2.41. The van der Waals surface area contributed by atoms with Crippen LogP contribution < -0.4 is 5.32 Å². The van der Waals surface area contributed by atoms with Crippen molar-refractivity contribution in [2.75, 3.05) is 0 Å². The van der Waals surface area contributed by atoms with Crippen molar-refractivity contribution >= 4 is 11.6 Å². The van der Waals surface area contributed by atoms with E-state index in [4.69, 9.17) is 11.6 Å². The molecule has 2 aromatic carbocycles. The molecule has 110 valence electrons. The molecule has 1 aliphatic carbocycles. The van der Waals surface area contributed by atoms with Crippen molar-refractivity contribution in [3.05, 3.63) is 70.5 Å². The molecule has 1 N–H and O–H groups in total. The number of rotatable bonds is 4. The summed E-state index contributed by atoms with van der Waals surface area (Å²) >= 11 is 6.02. The van der Waals surface area contributed by atoms with Crippen LogP contribution in [0.15, 0.2) is 48.5 Å². The number of hydrogen-bond acceptors (Lipinski definition) is 1. The maximum absolute atomic E-state index is 13.7. The molecule has 2 aromatic rings. The molecule has 1 aliphatic rings. The second-order valence-electron chi connectivity index (χ2n) is 5.83. The Kier molecular flexibility index (Phi) is 4.27. The Labute approximate surface area is 130 Å². The largest absolute Gasteiger partial charge is 0.307 e. The van der Waals surface area contributed by atoms with E-state index in [9.17, 15) is 4.39 Å². The summed E-state index contributed by atoms with van der Waals surface area (Å²) in [6.07, 6.45) is 1.98. The fourth-order valence-corrected chi connectivity index (χ4v) is 3.24. The maximum Gasteiger partial charge on any atom is 0.126 e. The minimum absolute atomic E-state index is 0.0798. The Hall–Kier alpha value is -1.38. The van der Waals surface area contributed by atoms with Gasteiger partial charge in [-0.3, -0.25) is 0 Å². The molecule has 1 fully saturated rings. The molecule has 0 saturated heterocycles. The molecule has 0 spiro atoms. The second kappa shape index (κ2) is 6.17. The van der Waals surface area contributed by atoms with E-state index in [-0.39, 0.29) is 11.9 Å². The van der Waals surface area contributed by atoms with Gasteiger partial charge >= 0.3 is 0 Å². The Morgan fingerprint density at radius 2 is 1.90 bits per heavy atom. The monoisotopic (exact) mass is 303 g/mol. The molecule has 21 heavy (non-hydrogen) atoms. The highest BCUT2D eigenvalue weighted by Crippen LogP contribution is 2.39. The summed E-state index contributed by atoms with van der Waals surface area (Å²) in [4.78, 5) is 0. The van der Waals surface area contributed by atoms with Crippen LogP contribution in [0, 0.1) is 5.82 Å². The van der Waals surface area contributed by atoms with E-state index in [2.05, 4.69) is 18.3 Å². The normalized spacial score (nSPS) is 22.6. The van der Waals surface area contributed by atoms with Crippen molar-refractivity contribution in [2.24, 2.45) is 0 Å². The molecule has 0 bridgehead atoms. The Morgan fingerprint density at radius 3 is 2.62 bits per heavy atom. The highest BCUT2D eigenvalue weighted by atomic mass is 35.5. The zero-order chi connectivity index (χ0) is 14.8. The predicted octanol–water partition coefficient (Wildman–Crippen LogP) is 5.08. The van der Waals surface area contributed by atoms with Crippen molar-refractivity contribution in [1.82, 2.24) is 5.32 Å². The zero-order valence-electron chi connectivity index (χ0n) is 12.0. The SMILES string of the molecule is C[C@@H](NC1CC(c2ccccc2F)C1)c1cccc(Cl)c1. The molecule has 1 atom stereocenters. The lowest BCUT2D eigenvalue weighted by atomic mass is 9.75. The van der Waals surface area contributed by atoms with Crippen LogP contribution in [0.2, 0.25) is 5.02 Å². The van der Waals surface area contributed by atoms with E-state index in [1.165, 1.54) is 5.56 Å². The van der Waals surface area contributed by atoms with Crippen LogP contribution in [0.5, 0.6) is 0 Å². The van der Waals surface area contributed by atoms with Crippen LogP contribution in [-0.4, -0.2) is 6.04 Å². The molecule has 3 heteroatoms. The molecule has 0 aromatic heterocycles.